The molecule has 1 aliphatic heterocycles. The summed E-state index contributed by atoms with van der Waals surface area (Å²) in [6, 6.07) is 6.88. The van der Waals surface area contributed by atoms with E-state index < -0.39 is 21.9 Å². The molecule has 1 fully saturated rings. The second-order valence-corrected chi connectivity index (χ2v) is 10.6. The van der Waals surface area contributed by atoms with E-state index >= 15 is 0 Å². The van der Waals surface area contributed by atoms with Crippen LogP contribution in [-0.2, 0) is 19.6 Å². The van der Waals surface area contributed by atoms with E-state index in [9.17, 15) is 18.0 Å². The zero-order valence-corrected chi connectivity index (χ0v) is 19.9. The van der Waals surface area contributed by atoms with Crippen LogP contribution in [0, 0.1) is 19.8 Å². The van der Waals surface area contributed by atoms with Crippen LogP contribution in [0.5, 0.6) is 0 Å². The summed E-state index contributed by atoms with van der Waals surface area (Å²) in [5.41, 5.74) is 2.70. The van der Waals surface area contributed by atoms with Crippen LogP contribution < -0.4 is 0 Å². The molecule has 10 heteroatoms. The number of hydrogen-bond acceptors (Lipinski definition) is 5. The average Bonchev–Trinajstić information content (AvgIpc) is 2.98. The van der Waals surface area contributed by atoms with Gasteiger partial charge in [0, 0.05) is 45.8 Å². The van der Waals surface area contributed by atoms with Gasteiger partial charge in [-0.25, -0.2) is 12.7 Å². The molecule has 0 saturated carbocycles. The average molecular weight is 487 g/mol. The van der Waals surface area contributed by atoms with Gasteiger partial charge in [0.15, 0.2) is 6.61 Å². The summed E-state index contributed by atoms with van der Waals surface area (Å²) in [7, 11) is -3.26. The smallest absolute Gasteiger partial charge is 0.309 e. The minimum Gasteiger partial charge on any atom is -0.457 e. The molecule has 0 radical (unpaired) electrons. The van der Waals surface area contributed by atoms with Gasteiger partial charge in [-0.3, -0.25) is 9.59 Å². The third-order valence-electron chi connectivity index (χ3n) is 5.44. The van der Waals surface area contributed by atoms with Gasteiger partial charge < -0.3 is 9.30 Å². The maximum absolute atomic E-state index is 12.7. The van der Waals surface area contributed by atoms with Gasteiger partial charge in [0.1, 0.15) is 0 Å². The van der Waals surface area contributed by atoms with Crippen LogP contribution in [0.1, 0.15) is 34.6 Å². The summed E-state index contributed by atoms with van der Waals surface area (Å²) in [6.07, 6.45) is 1.91. The van der Waals surface area contributed by atoms with Crippen molar-refractivity contribution < 1.29 is 22.7 Å². The number of Topliss-reactive ketones (excluding diaryl/α,β-unsaturated/α-hetero) is 1. The van der Waals surface area contributed by atoms with Gasteiger partial charge in [0.05, 0.1) is 12.2 Å². The molecule has 1 saturated heterocycles. The van der Waals surface area contributed by atoms with Crippen molar-refractivity contribution in [2.45, 2.75) is 26.7 Å². The Bertz CT molecular complexity index is 1100. The molecule has 2 aromatic rings. The number of carbonyl (C=O) groups excluding carboxylic acids is 2. The van der Waals surface area contributed by atoms with Gasteiger partial charge in [-0.2, -0.15) is 0 Å². The molecule has 168 valence electrons. The Morgan fingerprint density at radius 2 is 1.65 bits per heavy atom. The summed E-state index contributed by atoms with van der Waals surface area (Å²) >= 11 is 12.2. The third kappa shape index (κ3) is 5.49. The first-order chi connectivity index (χ1) is 14.5. The van der Waals surface area contributed by atoms with E-state index in [4.69, 9.17) is 27.9 Å². The fourth-order valence-electron chi connectivity index (χ4n) is 3.87. The predicted octanol–water partition coefficient (Wildman–Crippen LogP) is 3.80. The van der Waals surface area contributed by atoms with E-state index in [2.05, 4.69) is 0 Å². The van der Waals surface area contributed by atoms with Gasteiger partial charge >= 0.3 is 5.97 Å². The van der Waals surface area contributed by atoms with Crippen LogP contribution in [0.15, 0.2) is 24.3 Å². The maximum atomic E-state index is 12.7. The minimum atomic E-state index is -3.26. The number of sulfonamides is 1. The molecule has 3 rings (SSSR count). The lowest BCUT2D eigenvalue weighted by molar-refractivity contribution is -0.148. The highest BCUT2D eigenvalue weighted by molar-refractivity contribution is 7.88. The number of benzene rings is 1. The van der Waals surface area contributed by atoms with Crippen LogP contribution in [0.2, 0.25) is 10.0 Å². The van der Waals surface area contributed by atoms with Crippen molar-refractivity contribution in [1.82, 2.24) is 8.87 Å². The Balaban J connectivity index is 1.66. The molecule has 0 N–H and O–H groups in total. The number of esters is 1. The fraction of sp³-hybridized carbons (Fsp3) is 0.429. The molecule has 0 bridgehead atoms. The van der Waals surface area contributed by atoms with E-state index in [1.54, 1.807) is 31.2 Å². The van der Waals surface area contributed by atoms with E-state index in [-0.39, 0.29) is 25.5 Å². The van der Waals surface area contributed by atoms with E-state index in [0.717, 1.165) is 17.6 Å². The van der Waals surface area contributed by atoms with Gasteiger partial charge in [-0.1, -0.05) is 23.2 Å². The quantitative estimate of drug-likeness (QED) is 0.457. The van der Waals surface area contributed by atoms with Gasteiger partial charge in [-0.05, 0) is 51.0 Å². The second-order valence-electron chi connectivity index (χ2n) is 7.72. The summed E-state index contributed by atoms with van der Waals surface area (Å²) in [5, 5.41) is 0.970. The number of ketones is 1. The number of ether oxygens (including phenoxy) is 1. The topological polar surface area (TPSA) is 85.7 Å². The number of piperidine rings is 1. The number of halogens is 2. The number of nitrogens with zero attached hydrogens (tertiary/aromatic N) is 2. The van der Waals surface area contributed by atoms with Crippen molar-refractivity contribution in [2.75, 3.05) is 26.0 Å². The standard InChI is InChI=1S/C21H24Cl2N2O5S/c1-13-8-19(14(2)25(13)18-10-16(22)9-17(23)11-18)20(26)12-30-21(27)15-4-6-24(7-5-15)31(3,28)29/h8-11,15H,4-7,12H2,1-3H3. The Labute approximate surface area is 191 Å². The van der Waals surface area contributed by atoms with Gasteiger partial charge in [0.2, 0.25) is 15.8 Å². The molecule has 2 heterocycles. The summed E-state index contributed by atoms with van der Waals surface area (Å²) in [6.45, 7) is 3.84. The zero-order valence-electron chi connectivity index (χ0n) is 17.5. The Morgan fingerprint density at radius 1 is 1.06 bits per heavy atom. The number of carbonyl (C=O) groups is 2. The first-order valence-electron chi connectivity index (χ1n) is 9.77. The van der Waals surface area contributed by atoms with Crippen LogP contribution in [-0.4, -0.2) is 55.0 Å². The highest BCUT2D eigenvalue weighted by Crippen LogP contribution is 2.27. The third-order valence-corrected chi connectivity index (χ3v) is 7.18. The second kappa shape index (κ2) is 9.32. The lowest BCUT2D eigenvalue weighted by Crippen LogP contribution is -2.40. The minimum absolute atomic E-state index is 0.274. The van der Waals surface area contributed by atoms with Gasteiger partial charge in [0.25, 0.3) is 0 Å². The van der Waals surface area contributed by atoms with Crippen molar-refractivity contribution >= 4 is 45.0 Å². The molecule has 7 nitrogen and oxygen atoms in total. The molecule has 0 amide bonds. The predicted molar refractivity (Wildman–Crippen MR) is 120 cm³/mol. The fourth-order valence-corrected chi connectivity index (χ4v) is 5.25. The van der Waals surface area contributed by atoms with Crippen molar-refractivity contribution in [3.05, 3.63) is 51.3 Å². The molecule has 1 aromatic heterocycles. The van der Waals surface area contributed by atoms with E-state index in [1.807, 2.05) is 11.5 Å². The van der Waals surface area contributed by atoms with Crippen molar-refractivity contribution in [2.24, 2.45) is 5.92 Å². The van der Waals surface area contributed by atoms with Gasteiger partial charge in [-0.15, -0.1) is 0 Å². The Hall–Kier alpha value is -1.87. The molecule has 31 heavy (non-hydrogen) atoms. The molecule has 1 aromatic carbocycles. The summed E-state index contributed by atoms with van der Waals surface area (Å²) in [5.74, 6) is -1.20. The molecule has 0 spiro atoms. The number of rotatable bonds is 6. The molecular formula is C21H24Cl2N2O5S. The zero-order chi connectivity index (χ0) is 22.9. The highest BCUT2D eigenvalue weighted by Gasteiger charge is 2.30. The maximum Gasteiger partial charge on any atom is 0.309 e. The molecule has 0 unspecified atom stereocenters. The molecule has 0 aliphatic carbocycles. The summed E-state index contributed by atoms with van der Waals surface area (Å²) < 4.78 is 31.6. The number of aryl methyl sites for hydroxylation is 1. The first kappa shape index (κ1) is 23.8. The van der Waals surface area contributed by atoms with Crippen LogP contribution in [0.3, 0.4) is 0 Å². The van der Waals surface area contributed by atoms with Crippen molar-refractivity contribution in [3.8, 4) is 5.69 Å². The monoisotopic (exact) mass is 486 g/mol. The van der Waals surface area contributed by atoms with Crippen LogP contribution in [0.25, 0.3) is 5.69 Å². The summed E-state index contributed by atoms with van der Waals surface area (Å²) in [4.78, 5) is 25.1. The van der Waals surface area contributed by atoms with Crippen molar-refractivity contribution in [1.29, 1.82) is 0 Å². The molecular weight excluding hydrogens is 463 g/mol. The molecule has 0 atom stereocenters. The van der Waals surface area contributed by atoms with Crippen LogP contribution in [0.4, 0.5) is 0 Å². The Kier molecular flexibility index (Phi) is 7.15. The number of aromatic nitrogens is 1. The molecule has 1 aliphatic rings. The highest BCUT2D eigenvalue weighted by atomic mass is 35.5. The first-order valence-corrected chi connectivity index (χ1v) is 12.4. The SMILES string of the molecule is Cc1cc(C(=O)COC(=O)C2CCN(S(C)(=O)=O)CC2)c(C)n1-c1cc(Cl)cc(Cl)c1. The largest absolute Gasteiger partial charge is 0.457 e. The van der Waals surface area contributed by atoms with E-state index in [0.29, 0.717) is 34.1 Å². The van der Waals surface area contributed by atoms with Crippen LogP contribution >= 0.6 is 23.2 Å². The Morgan fingerprint density at radius 3 is 2.19 bits per heavy atom. The lowest BCUT2D eigenvalue weighted by Gasteiger charge is -2.28. The lowest BCUT2D eigenvalue weighted by atomic mass is 9.98. The van der Waals surface area contributed by atoms with E-state index in [1.165, 1.54) is 4.31 Å². The number of hydrogen-bond donors (Lipinski definition) is 0. The van der Waals surface area contributed by atoms with Crippen molar-refractivity contribution in [3.63, 3.8) is 0 Å². The normalized spacial score (nSPS) is 15.8.